The SMILES string of the molecule is CCOC1(C)Cc2cc(C)ccc2C1C. The van der Waals surface area contributed by atoms with Crippen LogP contribution in [0.2, 0.25) is 0 Å². The number of fused-ring (bicyclic) bond motifs is 1. The van der Waals surface area contributed by atoms with E-state index in [0.29, 0.717) is 5.92 Å². The summed E-state index contributed by atoms with van der Waals surface area (Å²) in [6, 6.07) is 6.77. The molecule has 1 aliphatic carbocycles. The first-order valence-electron chi connectivity index (χ1n) is 5.80. The molecule has 0 bridgehead atoms. The number of hydrogen-bond donors (Lipinski definition) is 0. The van der Waals surface area contributed by atoms with E-state index < -0.39 is 0 Å². The van der Waals surface area contributed by atoms with E-state index in [2.05, 4.69) is 45.9 Å². The first-order valence-corrected chi connectivity index (χ1v) is 5.80. The zero-order valence-corrected chi connectivity index (χ0v) is 10.1. The Labute approximate surface area is 92.5 Å². The van der Waals surface area contributed by atoms with Crippen molar-refractivity contribution in [1.29, 1.82) is 0 Å². The van der Waals surface area contributed by atoms with Crippen molar-refractivity contribution in [3.05, 3.63) is 34.9 Å². The normalized spacial score (nSPS) is 29.2. The molecular formula is C14H20O. The van der Waals surface area contributed by atoms with Gasteiger partial charge in [-0.25, -0.2) is 0 Å². The lowest BCUT2D eigenvalue weighted by molar-refractivity contribution is -0.0326. The highest BCUT2D eigenvalue weighted by Crippen LogP contribution is 2.43. The lowest BCUT2D eigenvalue weighted by Crippen LogP contribution is -2.32. The van der Waals surface area contributed by atoms with E-state index in [1.165, 1.54) is 16.7 Å². The van der Waals surface area contributed by atoms with Crippen LogP contribution in [0.5, 0.6) is 0 Å². The zero-order chi connectivity index (χ0) is 11.1. The van der Waals surface area contributed by atoms with Crippen LogP contribution in [0.15, 0.2) is 18.2 Å². The molecule has 0 amide bonds. The van der Waals surface area contributed by atoms with Crippen molar-refractivity contribution < 1.29 is 4.74 Å². The molecule has 1 aromatic rings. The van der Waals surface area contributed by atoms with E-state index in [1.54, 1.807) is 0 Å². The molecule has 1 heteroatoms. The van der Waals surface area contributed by atoms with Crippen LogP contribution in [-0.2, 0) is 11.2 Å². The highest BCUT2D eigenvalue weighted by atomic mass is 16.5. The minimum absolute atomic E-state index is 0.00484. The molecule has 0 fully saturated rings. The molecule has 82 valence electrons. The molecule has 1 nitrogen and oxygen atoms in total. The van der Waals surface area contributed by atoms with Gasteiger partial charge in [-0.2, -0.15) is 0 Å². The predicted molar refractivity (Wildman–Crippen MR) is 63.3 cm³/mol. The fraction of sp³-hybridized carbons (Fsp3) is 0.571. The lowest BCUT2D eigenvalue weighted by Gasteiger charge is -2.29. The van der Waals surface area contributed by atoms with E-state index in [4.69, 9.17) is 4.74 Å². The Kier molecular flexibility index (Phi) is 2.59. The molecule has 2 atom stereocenters. The van der Waals surface area contributed by atoms with Crippen LogP contribution in [0.3, 0.4) is 0 Å². The van der Waals surface area contributed by atoms with E-state index in [-0.39, 0.29) is 5.60 Å². The number of aryl methyl sites for hydroxylation is 1. The van der Waals surface area contributed by atoms with Crippen molar-refractivity contribution >= 4 is 0 Å². The third kappa shape index (κ3) is 1.69. The van der Waals surface area contributed by atoms with Crippen molar-refractivity contribution in [1.82, 2.24) is 0 Å². The molecule has 15 heavy (non-hydrogen) atoms. The van der Waals surface area contributed by atoms with Gasteiger partial charge in [-0.3, -0.25) is 0 Å². The van der Waals surface area contributed by atoms with E-state index >= 15 is 0 Å². The lowest BCUT2D eigenvalue weighted by atomic mass is 9.91. The summed E-state index contributed by atoms with van der Waals surface area (Å²) in [5, 5.41) is 0. The van der Waals surface area contributed by atoms with E-state index in [9.17, 15) is 0 Å². The van der Waals surface area contributed by atoms with Crippen LogP contribution in [-0.4, -0.2) is 12.2 Å². The van der Waals surface area contributed by atoms with Gasteiger partial charge in [0.2, 0.25) is 0 Å². The molecule has 0 aliphatic heterocycles. The smallest absolute Gasteiger partial charge is 0.0760 e. The number of hydrogen-bond acceptors (Lipinski definition) is 1. The summed E-state index contributed by atoms with van der Waals surface area (Å²) in [5.41, 5.74) is 4.29. The molecule has 2 rings (SSSR count). The van der Waals surface area contributed by atoms with Crippen LogP contribution >= 0.6 is 0 Å². The van der Waals surface area contributed by atoms with Gasteiger partial charge < -0.3 is 4.74 Å². The van der Waals surface area contributed by atoms with Gasteiger partial charge in [0.1, 0.15) is 0 Å². The third-order valence-corrected chi connectivity index (χ3v) is 3.70. The van der Waals surface area contributed by atoms with Crippen molar-refractivity contribution in [3.8, 4) is 0 Å². The molecule has 1 aliphatic rings. The topological polar surface area (TPSA) is 9.23 Å². The fourth-order valence-corrected chi connectivity index (χ4v) is 2.68. The number of rotatable bonds is 2. The van der Waals surface area contributed by atoms with Gasteiger partial charge in [0, 0.05) is 18.9 Å². The second-order valence-electron chi connectivity index (χ2n) is 4.85. The van der Waals surface area contributed by atoms with Gasteiger partial charge in [-0.15, -0.1) is 0 Å². The maximum absolute atomic E-state index is 5.92. The summed E-state index contributed by atoms with van der Waals surface area (Å²) in [6.07, 6.45) is 1.05. The zero-order valence-electron chi connectivity index (χ0n) is 10.1. The van der Waals surface area contributed by atoms with Crippen LogP contribution in [0.4, 0.5) is 0 Å². The van der Waals surface area contributed by atoms with E-state index in [1.807, 2.05) is 0 Å². The first kappa shape index (κ1) is 10.7. The summed E-state index contributed by atoms with van der Waals surface area (Å²) >= 11 is 0. The molecule has 0 saturated heterocycles. The Morgan fingerprint density at radius 3 is 2.87 bits per heavy atom. The number of benzene rings is 1. The van der Waals surface area contributed by atoms with Crippen LogP contribution in [0.1, 0.15) is 43.4 Å². The maximum atomic E-state index is 5.92. The molecule has 0 heterocycles. The molecule has 1 aromatic carbocycles. The van der Waals surface area contributed by atoms with Gasteiger partial charge >= 0.3 is 0 Å². The van der Waals surface area contributed by atoms with Crippen LogP contribution < -0.4 is 0 Å². The molecular weight excluding hydrogens is 184 g/mol. The quantitative estimate of drug-likeness (QED) is 0.717. The second-order valence-corrected chi connectivity index (χ2v) is 4.85. The maximum Gasteiger partial charge on any atom is 0.0760 e. The monoisotopic (exact) mass is 204 g/mol. The molecule has 0 radical (unpaired) electrons. The number of ether oxygens (including phenoxy) is 1. The van der Waals surface area contributed by atoms with Crippen molar-refractivity contribution in [2.24, 2.45) is 0 Å². The minimum atomic E-state index is 0.00484. The molecule has 0 N–H and O–H groups in total. The van der Waals surface area contributed by atoms with Gasteiger partial charge in [0.05, 0.1) is 5.60 Å². The second kappa shape index (κ2) is 3.64. The summed E-state index contributed by atoms with van der Waals surface area (Å²) < 4.78 is 5.92. The minimum Gasteiger partial charge on any atom is -0.375 e. The Balaban J connectivity index is 2.36. The summed E-state index contributed by atoms with van der Waals surface area (Å²) in [6.45, 7) is 9.54. The highest BCUT2D eigenvalue weighted by Gasteiger charge is 2.40. The molecule has 2 unspecified atom stereocenters. The Morgan fingerprint density at radius 1 is 1.47 bits per heavy atom. The Hall–Kier alpha value is -0.820. The predicted octanol–water partition coefficient (Wildman–Crippen LogP) is 3.45. The average molecular weight is 204 g/mol. The van der Waals surface area contributed by atoms with Gasteiger partial charge in [-0.05, 0) is 31.9 Å². The average Bonchev–Trinajstić information content (AvgIpc) is 2.39. The Bertz CT molecular complexity index is 370. The first-order chi connectivity index (χ1) is 7.07. The summed E-state index contributed by atoms with van der Waals surface area (Å²) in [7, 11) is 0. The summed E-state index contributed by atoms with van der Waals surface area (Å²) in [4.78, 5) is 0. The van der Waals surface area contributed by atoms with Gasteiger partial charge in [-0.1, -0.05) is 30.7 Å². The summed E-state index contributed by atoms with van der Waals surface area (Å²) in [5.74, 6) is 0.507. The van der Waals surface area contributed by atoms with Crippen LogP contribution in [0, 0.1) is 6.92 Å². The molecule has 0 saturated carbocycles. The standard InChI is InChI=1S/C14H20O/c1-5-15-14(4)9-12-8-10(2)6-7-13(12)11(14)3/h6-8,11H,5,9H2,1-4H3. The van der Waals surface area contributed by atoms with Crippen molar-refractivity contribution in [2.45, 2.75) is 45.6 Å². The molecule has 0 aromatic heterocycles. The fourth-order valence-electron chi connectivity index (χ4n) is 2.68. The highest BCUT2D eigenvalue weighted by molar-refractivity contribution is 5.41. The van der Waals surface area contributed by atoms with E-state index in [0.717, 1.165) is 13.0 Å². The van der Waals surface area contributed by atoms with Crippen molar-refractivity contribution in [3.63, 3.8) is 0 Å². The van der Waals surface area contributed by atoms with Gasteiger partial charge in [0.25, 0.3) is 0 Å². The van der Waals surface area contributed by atoms with Crippen molar-refractivity contribution in [2.75, 3.05) is 6.61 Å². The molecule has 0 spiro atoms. The van der Waals surface area contributed by atoms with Gasteiger partial charge in [0.15, 0.2) is 0 Å². The van der Waals surface area contributed by atoms with Crippen LogP contribution in [0.25, 0.3) is 0 Å². The third-order valence-electron chi connectivity index (χ3n) is 3.70. The largest absolute Gasteiger partial charge is 0.375 e. The Morgan fingerprint density at radius 2 is 2.20 bits per heavy atom.